The largest absolute Gasteiger partial charge is 0.383 e. The average molecular weight is 360 g/mol. The number of hydrogen-bond acceptors (Lipinski definition) is 5. The van der Waals surface area contributed by atoms with Crippen LogP contribution in [-0.4, -0.2) is 64.4 Å². The van der Waals surface area contributed by atoms with Crippen LogP contribution in [0.1, 0.15) is 36.9 Å². The molecule has 1 atom stereocenters. The monoisotopic (exact) mass is 360 g/mol. The van der Waals surface area contributed by atoms with Gasteiger partial charge in [0, 0.05) is 25.8 Å². The molecule has 0 aromatic carbocycles. The SMILES string of the molecule is Cc1ccc(C2(O)CCN(C(=O)[C@@H]3CCCN(CC(N)=O)C3)CC2)nc1. The number of aliphatic hydroxyl groups is 1. The Labute approximate surface area is 154 Å². The zero-order valence-electron chi connectivity index (χ0n) is 15.4. The van der Waals surface area contributed by atoms with E-state index in [1.165, 1.54) is 0 Å². The van der Waals surface area contributed by atoms with Crippen LogP contribution >= 0.6 is 0 Å². The van der Waals surface area contributed by atoms with E-state index in [9.17, 15) is 14.7 Å². The van der Waals surface area contributed by atoms with Gasteiger partial charge >= 0.3 is 0 Å². The molecule has 2 amide bonds. The lowest BCUT2D eigenvalue weighted by Gasteiger charge is -2.40. The molecule has 2 fully saturated rings. The third-order valence-electron chi connectivity index (χ3n) is 5.52. The van der Waals surface area contributed by atoms with E-state index >= 15 is 0 Å². The van der Waals surface area contributed by atoms with Crippen molar-refractivity contribution < 1.29 is 14.7 Å². The fourth-order valence-electron chi connectivity index (χ4n) is 3.98. The van der Waals surface area contributed by atoms with Crippen LogP contribution in [0.2, 0.25) is 0 Å². The molecule has 0 radical (unpaired) electrons. The number of likely N-dealkylation sites (tertiary alicyclic amines) is 2. The van der Waals surface area contributed by atoms with Crippen molar-refractivity contribution in [1.29, 1.82) is 0 Å². The summed E-state index contributed by atoms with van der Waals surface area (Å²) in [6.45, 7) is 4.62. The van der Waals surface area contributed by atoms with Gasteiger partial charge in [0.2, 0.25) is 11.8 Å². The van der Waals surface area contributed by atoms with Crippen molar-refractivity contribution in [2.24, 2.45) is 11.7 Å². The number of pyridine rings is 1. The van der Waals surface area contributed by atoms with E-state index in [-0.39, 0.29) is 24.3 Å². The summed E-state index contributed by atoms with van der Waals surface area (Å²) in [5.41, 5.74) is 6.05. The summed E-state index contributed by atoms with van der Waals surface area (Å²) in [5.74, 6) is -0.323. The first-order valence-electron chi connectivity index (χ1n) is 9.32. The molecule has 0 saturated carbocycles. The van der Waals surface area contributed by atoms with Crippen LogP contribution in [0.15, 0.2) is 18.3 Å². The van der Waals surface area contributed by atoms with Gasteiger partial charge in [0.15, 0.2) is 0 Å². The second-order valence-electron chi connectivity index (χ2n) is 7.62. The van der Waals surface area contributed by atoms with Crippen molar-refractivity contribution in [3.8, 4) is 0 Å². The number of carbonyl (C=O) groups is 2. The van der Waals surface area contributed by atoms with Crippen LogP contribution in [0.25, 0.3) is 0 Å². The predicted molar refractivity (Wildman–Crippen MR) is 97.0 cm³/mol. The molecular formula is C19H28N4O3. The Morgan fingerprint density at radius 3 is 2.65 bits per heavy atom. The number of amides is 2. The number of piperidine rings is 2. The van der Waals surface area contributed by atoms with Crippen molar-refractivity contribution >= 4 is 11.8 Å². The van der Waals surface area contributed by atoms with Gasteiger partial charge in [-0.05, 0) is 50.8 Å². The number of carbonyl (C=O) groups excluding carboxylic acids is 2. The maximum Gasteiger partial charge on any atom is 0.231 e. The molecule has 2 aliphatic rings. The molecule has 0 spiro atoms. The Morgan fingerprint density at radius 2 is 2.04 bits per heavy atom. The molecule has 0 bridgehead atoms. The van der Waals surface area contributed by atoms with E-state index in [0.29, 0.717) is 38.2 Å². The molecule has 142 valence electrons. The summed E-state index contributed by atoms with van der Waals surface area (Å²) in [6.07, 6.45) is 4.49. The van der Waals surface area contributed by atoms with Gasteiger partial charge in [0.25, 0.3) is 0 Å². The van der Waals surface area contributed by atoms with Gasteiger partial charge in [-0.25, -0.2) is 0 Å². The molecule has 0 unspecified atom stereocenters. The third-order valence-corrected chi connectivity index (χ3v) is 5.52. The molecule has 2 saturated heterocycles. The molecule has 3 heterocycles. The Kier molecular flexibility index (Phi) is 5.58. The van der Waals surface area contributed by atoms with Crippen molar-refractivity contribution in [2.45, 2.75) is 38.2 Å². The van der Waals surface area contributed by atoms with E-state index < -0.39 is 5.60 Å². The zero-order chi connectivity index (χ0) is 18.7. The molecule has 0 aliphatic carbocycles. The van der Waals surface area contributed by atoms with E-state index in [1.54, 1.807) is 6.20 Å². The fourth-order valence-corrected chi connectivity index (χ4v) is 3.98. The van der Waals surface area contributed by atoms with Crippen molar-refractivity contribution in [2.75, 3.05) is 32.7 Å². The minimum atomic E-state index is -0.963. The maximum absolute atomic E-state index is 12.9. The van der Waals surface area contributed by atoms with Gasteiger partial charge in [-0.1, -0.05) is 6.07 Å². The maximum atomic E-state index is 12.9. The van der Waals surface area contributed by atoms with E-state index in [2.05, 4.69) is 4.98 Å². The first-order chi connectivity index (χ1) is 12.4. The second kappa shape index (κ2) is 7.72. The highest BCUT2D eigenvalue weighted by molar-refractivity contribution is 5.80. The molecule has 1 aromatic heterocycles. The van der Waals surface area contributed by atoms with E-state index in [0.717, 1.165) is 24.9 Å². The van der Waals surface area contributed by atoms with E-state index in [1.807, 2.05) is 28.9 Å². The zero-order valence-corrected chi connectivity index (χ0v) is 15.4. The summed E-state index contributed by atoms with van der Waals surface area (Å²) in [6, 6.07) is 3.82. The smallest absolute Gasteiger partial charge is 0.231 e. The van der Waals surface area contributed by atoms with Gasteiger partial charge in [-0.3, -0.25) is 19.5 Å². The first-order valence-corrected chi connectivity index (χ1v) is 9.32. The summed E-state index contributed by atoms with van der Waals surface area (Å²) in [7, 11) is 0. The Morgan fingerprint density at radius 1 is 1.31 bits per heavy atom. The van der Waals surface area contributed by atoms with Crippen molar-refractivity contribution in [3.05, 3.63) is 29.6 Å². The summed E-state index contributed by atoms with van der Waals surface area (Å²) in [4.78, 5) is 32.2. The normalized spacial score (nSPS) is 23.6. The standard InChI is InChI=1S/C19H28N4O3/c1-14-4-5-16(21-11-14)19(26)6-9-23(10-7-19)18(25)15-3-2-8-22(12-15)13-17(20)24/h4-5,11,15,26H,2-3,6-10,12-13H2,1H3,(H2,20,24)/t15-/m1/s1. The highest BCUT2D eigenvalue weighted by Crippen LogP contribution is 2.32. The van der Waals surface area contributed by atoms with Crippen LogP contribution in [0.3, 0.4) is 0 Å². The number of aromatic nitrogens is 1. The van der Waals surface area contributed by atoms with Crippen LogP contribution in [-0.2, 0) is 15.2 Å². The molecule has 7 heteroatoms. The van der Waals surface area contributed by atoms with Crippen molar-refractivity contribution in [1.82, 2.24) is 14.8 Å². The number of primary amides is 1. The molecule has 3 rings (SSSR count). The summed E-state index contributed by atoms with van der Waals surface area (Å²) in [5, 5.41) is 10.9. The van der Waals surface area contributed by atoms with Crippen molar-refractivity contribution in [3.63, 3.8) is 0 Å². The van der Waals surface area contributed by atoms with E-state index in [4.69, 9.17) is 5.73 Å². The lowest BCUT2D eigenvalue weighted by molar-refractivity contribution is -0.142. The predicted octanol–water partition coefficient (Wildman–Crippen LogP) is 0.397. The highest BCUT2D eigenvalue weighted by atomic mass is 16.3. The molecule has 2 aliphatic heterocycles. The summed E-state index contributed by atoms with van der Waals surface area (Å²) < 4.78 is 0. The van der Waals surface area contributed by atoms with Crippen LogP contribution in [0, 0.1) is 12.8 Å². The third kappa shape index (κ3) is 4.22. The van der Waals surface area contributed by atoms with Gasteiger partial charge in [0.05, 0.1) is 18.2 Å². The molecular weight excluding hydrogens is 332 g/mol. The Balaban J connectivity index is 1.58. The minimum absolute atomic E-state index is 0.0909. The number of rotatable bonds is 4. The second-order valence-corrected chi connectivity index (χ2v) is 7.62. The molecule has 26 heavy (non-hydrogen) atoms. The van der Waals surface area contributed by atoms with Crippen LogP contribution in [0.4, 0.5) is 0 Å². The molecule has 7 nitrogen and oxygen atoms in total. The van der Waals surface area contributed by atoms with Crippen LogP contribution < -0.4 is 5.73 Å². The molecule has 1 aromatic rings. The number of nitrogens with zero attached hydrogens (tertiary/aromatic N) is 3. The quantitative estimate of drug-likeness (QED) is 0.809. The topological polar surface area (TPSA) is 99.8 Å². The number of hydrogen-bond donors (Lipinski definition) is 2. The van der Waals surface area contributed by atoms with Gasteiger partial charge < -0.3 is 15.7 Å². The minimum Gasteiger partial charge on any atom is -0.383 e. The summed E-state index contributed by atoms with van der Waals surface area (Å²) >= 11 is 0. The van der Waals surface area contributed by atoms with Gasteiger partial charge in [-0.15, -0.1) is 0 Å². The fraction of sp³-hybridized carbons (Fsp3) is 0.632. The average Bonchev–Trinajstić information content (AvgIpc) is 2.62. The lowest BCUT2D eigenvalue weighted by Crippen LogP contribution is -2.51. The Bertz CT molecular complexity index is 653. The van der Waals surface area contributed by atoms with Gasteiger partial charge in [0.1, 0.15) is 5.60 Å². The van der Waals surface area contributed by atoms with Crippen LogP contribution in [0.5, 0.6) is 0 Å². The highest BCUT2D eigenvalue weighted by Gasteiger charge is 2.38. The molecule has 3 N–H and O–H groups in total. The first kappa shape index (κ1) is 18.8. The Hall–Kier alpha value is -1.99. The lowest BCUT2D eigenvalue weighted by atomic mass is 9.86. The number of aryl methyl sites for hydroxylation is 1. The van der Waals surface area contributed by atoms with Gasteiger partial charge in [-0.2, -0.15) is 0 Å². The number of nitrogens with two attached hydrogens (primary N) is 1.